The van der Waals surface area contributed by atoms with E-state index in [1.54, 1.807) is 13.8 Å². The number of hydrogen-bond acceptors (Lipinski definition) is 7. The van der Waals surface area contributed by atoms with Crippen LogP contribution < -0.4 is 10.6 Å². The number of benzene rings is 1. The van der Waals surface area contributed by atoms with Gasteiger partial charge < -0.3 is 15.4 Å². The van der Waals surface area contributed by atoms with Crippen molar-refractivity contribution in [3.8, 4) is 6.07 Å². The number of carbonyl (C=O) groups is 2. The van der Waals surface area contributed by atoms with E-state index in [9.17, 15) is 19.2 Å². The van der Waals surface area contributed by atoms with E-state index in [4.69, 9.17) is 16.3 Å². The second-order valence-electron chi connectivity index (χ2n) is 6.65. The molecule has 32 heavy (non-hydrogen) atoms. The van der Waals surface area contributed by atoms with E-state index < -0.39 is 23.6 Å². The SMILES string of the molecule is CCOC(=O)C1=C(C)NC(SCC(=O)Nc2ccc(Cl)cc2F)=C(C#N)[C@H]1c1cccs1. The lowest BCUT2D eigenvalue weighted by atomic mass is 9.87. The summed E-state index contributed by atoms with van der Waals surface area (Å²) in [5.74, 6) is -2.26. The third-order valence-corrected chi connectivity index (χ3v) is 6.71. The number of dihydropyridines is 1. The molecule has 0 spiro atoms. The molecule has 1 amide bonds. The van der Waals surface area contributed by atoms with E-state index in [1.807, 2.05) is 17.5 Å². The van der Waals surface area contributed by atoms with Gasteiger partial charge >= 0.3 is 5.97 Å². The standard InChI is InChI=1S/C22H19ClFN3O3S2/c1-3-30-22(29)19-12(2)26-21(14(10-25)20(19)17-5-4-8-31-17)32-11-18(28)27-16-7-6-13(23)9-15(16)24/h4-9,20,26H,3,11H2,1-2H3,(H,27,28)/t20-/m0/s1. The largest absolute Gasteiger partial charge is 0.463 e. The van der Waals surface area contributed by atoms with Gasteiger partial charge in [0.1, 0.15) is 5.82 Å². The first-order valence-corrected chi connectivity index (χ1v) is 11.8. The van der Waals surface area contributed by atoms with Gasteiger partial charge in [-0.15, -0.1) is 11.3 Å². The van der Waals surface area contributed by atoms with Crippen molar-refractivity contribution in [2.45, 2.75) is 19.8 Å². The molecule has 1 aliphatic rings. The summed E-state index contributed by atoms with van der Waals surface area (Å²) < 4.78 is 19.2. The van der Waals surface area contributed by atoms with Crippen LogP contribution in [0, 0.1) is 17.1 Å². The number of allylic oxidation sites excluding steroid dienone is 2. The Kier molecular flexibility index (Phi) is 7.96. The Morgan fingerprint density at radius 3 is 2.81 bits per heavy atom. The molecule has 0 radical (unpaired) electrons. The van der Waals surface area contributed by atoms with Gasteiger partial charge in [0.25, 0.3) is 0 Å². The maximum Gasteiger partial charge on any atom is 0.336 e. The van der Waals surface area contributed by atoms with Crippen LogP contribution in [0.3, 0.4) is 0 Å². The van der Waals surface area contributed by atoms with Crippen LogP contribution in [0.15, 0.2) is 57.6 Å². The van der Waals surface area contributed by atoms with Gasteiger partial charge in [-0.2, -0.15) is 5.26 Å². The first-order chi connectivity index (χ1) is 15.3. The minimum Gasteiger partial charge on any atom is -0.463 e. The summed E-state index contributed by atoms with van der Waals surface area (Å²) in [6.45, 7) is 3.65. The van der Waals surface area contributed by atoms with Crippen LogP contribution in [0.2, 0.25) is 5.02 Å². The number of anilines is 1. The predicted octanol–water partition coefficient (Wildman–Crippen LogP) is 5.17. The average molecular weight is 492 g/mol. The summed E-state index contributed by atoms with van der Waals surface area (Å²) in [6.07, 6.45) is 0. The van der Waals surface area contributed by atoms with Gasteiger partial charge in [0.2, 0.25) is 5.91 Å². The van der Waals surface area contributed by atoms with Crippen LogP contribution in [-0.2, 0) is 14.3 Å². The number of esters is 1. The van der Waals surface area contributed by atoms with Crippen molar-refractivity contribution in [3.63, 3.8) is 0 Å². The third kappa shape index (κ3) is 5.33. The number of thioether (sulfide) groups is 1. The van der Waals surface area contributed by atoms with Gasteiger partial charge in [-0.3, -0.25) is 4.79 Å². The normalized spacial score (nSPS) is 15.8. The fraction of sp³-hybridized carbons (Fsp3) is 0.227. The first-order valence-electron chi connectivity index (χ1n) is 9.56. The zero-order valence-electron chi connectivity index (χ0n) is 17.2. The number of nitrogens with zero attached hydrogens (tertiary/aromatic N) is 1. The van der Waals surface area contributed by atoms with E-state index in [-0.39, 0.29) is 23.1 Å². The van der Waals surface area contributed by atoms with Crippen molar-refractivity contribution in [2.75, 3.05) is 17.7 Å². The van der Waals surface area contributed by atoms with Crippen LogP contribution in [0.4, 0.5) is 10.1 Å². The molecule has 6 nitrogen and oxygen atoms in total. The smallest absolute Gasteiger partial charge is 0.336 e. The highest BCUT2D eigenvalue weighted by Gasteiger charge is 2.36. The van der Waals surface area contributed by atoms with Crippen LogP contribution in [0.1, 0.15) is 24.6 Å². The lowest BCUT2D eigenvalue weighted by Gasteiger charge is -2.28. The quantitative estimate of drug-likeness (QED) is 0.519. The van der Waals surface area contributed by atoms with Gasteiger partial charge in [-0.1, -0.05) is 29.4 Å². The Hall–Kier alpha value is -2.80. The van der Waals surface area contributed by atoms with Crippen LogP contribution >= 0.6 is 34.7 Å². The Balaban J connectivity index is 1.84. The number of rotatable bonds is 7. The van der Waals surface area contributed by atoms with E-state index in [1.165, 1.54) is 23.5 Å². The van der Waals surface area contributed by atoms with Gasteiger partial charge in [0.05, 0.1) is 46.2 Å². The average Bonchev–Trinajstić information content (AvgIpc) is 3.28. The maximum atomic E-state index is 13.9. The second-order valence-corrected chi connectivity index (χ2v) is 9.05. The van der Waals surface area contributed by atoms with Crippen molar-refractivity contribution in [1.29, 1.82) is 5.26 Å². The van der Waals surface area contributed by atoms with Crippen LogP contribution in [-0.4, -0.2) is 24.2 Å². The van der Waals surface area contributed by atoms with Crippen molar-refractivity contribution >= 4 is 52.3 Å². The molecule has 2 aromatic rings. The molecule has 3 rings (SSSR count). The molecule has 0 bridgehead atoms. The molecule has 10 heteroatoms. The van der Waals surface area contributed by atoms with Gasteiger partial charge in [-0.25, -0.2) is 9.18 Å². The Morgan fingerprint density at radius 1 is 1.41 bits per heavy atom. The highest BCUT2D eigenvalue weighted by molar-refractivity contribution is 8.03. The van der Waals surface area contributed by atoms with Crippen molar-refractivity contribution < 1.29 is 18.7 Å². The molecular weight excluding hydrogens is 473 g/mol. The van der Waals surface area contributed by atoms with E-state index in [0.29, 0.717) is 21.9 Å². The number of nitrogens with one attached hydrogen (secondary N) is 2. The molecule has 0 saturated heterocycles. The highest BCUT2D eigenvalue weighted by atomic mass is 35.5. The molecule has 1 aromatic carbocycles. The van der Waals surface area contributed by atoms with E-state index in [0.717, 1.165) is 22.7 Å². The fourth-order valence-electron chi connectivity index (χ4n) is 3.16. The number of ether oxygens (including phenoxy) is 1. The molecular formula is C22H19ClFN3O3S2. The van der Waals surface area contributed by atoms with Gasteiger partial charge in [0.15, 0.2) is 0 Å². The summed E-state index contributed by atoms with van der Waals surface area (Å²) in [7, 11) is 0. The van der Waals surface area contributed by atoms with Crippen LogP contribution in [0.5, 0.6) is 0 Å². The Bertz CT molecular complexity index is 1140. The minimum atomic E-state index is -0.640. The zero-order valence-corrected chi connectivity index (χ0v) is 19.6. The van der Waals surface area contributed by atoms with E-state index >= 15 is 0 Å². The number of amides is 1. The Morgan fingerprint density at radius 2 is 2.19 bits per heavy atom. The first kappa shape index (κ1) is 23.9. The molecule has 1 aromatic heterocycles. The van der Waals surface area contributed by atoms with Crippen LogP contribution in [0.25, 0.3) is 0 Å². The maximum absolute atomic E-state index is 13.9. The third-order valence-electron chi connectivity index (χ3n) is 4.52. The summed E-state index contributed by atoms with van der Waals surface area (Å²) in [5.41, 5.74) is 1.25. The number of nitriles is 1. The van der Waals surface area contributed by atoms with Crippen molar-refractivity contribution in [1.82, 2.24) is 5.32 Å². The molecule has 2 N–H and O–H groups in total. The molecule has 2 heterocycles. The summed E-state index contributed by atoms with van der Waals surface area (Å²) >= 11 is 8.26. The van der Waals surface area contributed by atoms with E-state index in [2.05, 4.69) is 16.7 Å². The summed E-state index contributed by atoms with van der Waals surface area (Å²) in [5, 5.41) is 18.0. The lowest BCUT2D eigenvalue weighted by molar-refractivity contribution is -0.138. The molecule has 0 saturated carbocycles. The summed E-state index contributed by atoms with van der Waals surface area (Å²) in [4.78, 5) is 25.8. The molecule has 1 aliphatic heterocycles. The number of hydrogen-bond donors (Lipinski definition) is 2. The highest BCUT2D eigenvalue weighted by Crippen LogP contribution is 2.42. The monoisotopic (exact) mass is 491 g/mol. The van der Waals surface area contributed by atoms with Crippen molar-refractivity contribution in [3.05, 3.63) is 73.3 Å². The molecule has 166 valence electrons. The lowest BCUT2D eigenvalue weighted by Crippen LogP contribution is -2.29. The molecule has 0 unspecified atom stereocenters. The summed E-state index contributed by atoms with van der Waals surface area (Å²) in [6, 6.07) is 9.84. The Labute approximate surface area is 198 Å². The van der Waals surface area contributed by atoms with Gasteiger partial charge in [0, 0.05) is 15.6 Å². The fourth-order valence-corrected chi connectivity index (χ4v) is 5.05. The number of carbonyl (C=O) groups excluding carboxylic acids is 2. The number of thiophene rings is 1. The topological polar surface area (TPSA) is 91.2 Å². The molecule has 0 fully saturated rings. The second kappa shape index (κ2) is 10.7. The zero-order chi connectivity index (χ0) is 23.3. The molecule has 1 atom stereocenters. The van der Waals surface area contributed by atoms with Gasteiger partial charge in [-0.05, 0) is 43.5 Å². The minimum absolute atomic E-state index is 0.0169. The molecule has 0 aliphatic carbocycles. The number of halogens is 2. The predicted molar refractivity (Wildman–Crippen MR) is 125 cm³/mol. The van der Waals surface area contributed by atoms with Crippen molar-refractivity contribution in [2.24, 2.45) is 0 Å².